The summed E-state index contributed by atoms with van der Waals surface area (Å²) in [6.07, 6.45) is 6.03. The summed E-state index contributed by atoms with van der Waals surface area (Å²) >= 11 is 0. The van der Waals surface area contributed by atoms with Crippen LogP contribution in [0.2, 0.25) is 0 Å². The van der Waals surface area contributed by atoms with Gasteiger partial charge in [0.05, 0.1) is 0 Å². The molecule has 0 aromatic rings. The van der Waals surface area contributed by atoms with Crippen molar-refractivity contribution in [3.63, 3.8) is 0 Å². The molecule has 0 radical (unpaired) electrons. The number of nitrogens with one attached hydrogen (secondary N) is 1. The van der Waals surface area contributed by atoms with E-state index in [4.69, 9.17) is 0 Å². The number of amides is 1. The Morgan fingerprint density at radius 2 is 2.07 bits per heavy atom. The molecule has 82 valence electrons. The van der Waals surface area contributed by atoms with Crippen LogP contribution in [0, 0.1) is 5.92 Å². The van der Waals surface area contributed by atoms with E-state index in [1.807, 2.05) is 6.92 Å². The van der Waals surface area contributed by atoms with Crippen molar-refractivity contribution in [1.29, 1.82) is 0 Å². The lowest BCUT2D eigenvalue weighted by Crippen LogP contribution is -2.35. The highest BCUT2D eigenvalue weighted by Gasteiger charge is 2.21. The zero-order chi connectivity index (χ0) is 10.4. The highest BCUT2D eigenvalue weighted by Crippen LogP contribution is 2.27. The Bertz CT molecular complexity index is 176. The van der Waals surface area contributed by atoms with E-state index >= 15 is 0 Å². The second kappa shape index (κ2) is 6.02. The van der Waals surface area contributed by atoms with Crippen molar-refractivity contribution in [2.45, 2.75) is 51.6 Å². The van der Waals surface area contributed by atoms with Crippen molar-refractivity contribution in [1.82, 2.24) is 5.32 Å². The number of aliphatic hydroxyl groups is 1. The van der Waals surface area contributed by atoms with Gasteiger partial charge in [-0.05, 0) is 19.3 Å². The fraction of sp³-hybridized carbons (Fsp3) is 0.909. The van der Waals surface area contributed by atoms with Gasteiger partial charge >= 0.3 is 0 Å². The first-order valence-electron chi connectivity index (χ1n) is 5.69. The average Bonchev–Trinajstić information content (AvgIpc) is 2.19. The Labute approximate surface area is 85.9 Å². The summed E-state index contributed by atoms with van der Waals surface area (Å²) in [4.78, 5) is 11.3. The second-order valence-corrected chi connectivity index (χ2v) is 4.15. The maximum atomic E-state index is 11.3. The quantitative estimate of drug-likeness (QED) is 0.720. The predicted molar refractivity (Wildman–Crippen MR) is 55.9 cm³/mol. The van der Waals surface area contributed by atoms with Crippen LogP contribution in [0.5, 0.6) is 0 Å². The molecule has 0 aromatic carbocycles. The molecule has 1 amide bonds. The first-order valence-corrected chi connectivity index (χ1v) is 5.69. The third-order valence-corrected chi connectivity index (χ3v) is 2.93. The second-order valence-electron chi connectivity index (χ2n) is 4.15. The van der Waals surface area contributed by atoms with Crippen molar-refractivity contribution in [3.05, 3.63) is 0 Å². The van der Waals surface area contributed by atoms with Crippen LogP contribution in [0.25, 0.3) is 0 Å². The third kappa shape index (κ3) is 3.66. The lowest BCUT2D eigenvalue weighted by molar-refractivity contribution is -0.130. The minimum absolute atomic E-state index is 0.210. The van der Waals surface area contributed by atoms with E-state index in [9.17, 15) is 9.90 Å². The minimum Gasteiger partial charge on any atom is -0.383 e. The van der Waals surface area contributed by atoms with Gasteiger partial charge in [0.15, 0.2) is 0 Å². The molecule has 0 bridgehead atoms. The summed E-state index contributed by atoms with van der Waals surface area (Å²) in [6, 6.07) is 0. The molecule has 3 heteroatoms. The van der Waals surface area contributed by atoms with Gasteiger partial charge in [0, 0.05) is 6.54 Å². The monoisotopic (exact) mass is 199 g/mol. The predicted octanol–water partition coefficient (Wildman–Crippen LogP) is 1.45. The van der Waals surface area contributed by atoms with Crippen molar-refractivity contribution < 1.29 is 9.90 Å². The number of hydrogen-bond acceptors (Lipinski definition) is 2. The zero-order valence-electron chi connectivity index (χ0n) is 8.96. The number of carbonyl (C=O) groups excluding carboxylic acids is 1. The van der Waals surface area contributed by atoms with E-state index < -0.39 is 6.10 Å². The Balaban J connectivity index is 2.24. The van der Waals surface area contributed by atoms with Crippen LogP contribution in [0.3, 0.4) is 0 Å². The van der Waals surface area contributed by atoms with Gasteiger partial charge in [-0.2, -0.15) is 0 Å². The van der Waals surface area contributed by atoms with Crippen LogP contribution in [-0.4, -0.2) is 23.7 Å². The third-order valence-electron chi connectivity index (χ3n) is 2.93. The molecule has 14 heavy (non-hydrogen) atoms. The van der Waals surface area contributed by atoms with Crippen molar-refractivity contribution in [3.8, 4) is 0 Å². The fourth-order valence-corrected chi connectivity index (χ4v) is 2.14. The van der Waals surface area contributed by atoms with E-state index in [1.54, 1.807) is 0 Å². The molecule has 1 fully saturated rings. The topological polar surface area (TPSA) is 49.3 Å². The number of likely N-dealkylation sites (N-methyl/N-ethyl adjacent to an activating group) is 1. The molecule has 1 rings (SSSR count). The largest absolute Gasteiger partial charge is 0.383 e. The summed E-state index contributed by atoms with van der Waals surface area (Å²) in [6.45, 7) is 2.46. The molecular formula is C11H21NO2. The van der Waals surface area contributed by atoms with Crippen LogP contribution in [0.1, 0.15) is 45.4 Å². The average molecular weight is 199 g/mol. The van der Waals surface area contributed by atoms with Crippen LogP contribution in [-0.2, 0) is 4.79 Å². The van der Waals surface area contributed by atoms with Gasteiger partial charge in [-0.1, -0.05) is 32.1 Å². The maximum Gasteiger partial charge on any atom is 0.248 e. The van der Waals surface area contributed by atoms with Crippen molar-refractivity contribution in [2.24, 2.45) is 5.92 Å². The summed E-state index contributed by atoms with van der Waals surface area (Å²) < 4.78 is 0. The highest BCUT2D eigenvalue weighted by atomic mass is 16.3. The summed E-state index contributed by atoms with van der Waals surface area (Å²) in [5.74, 6) is 0.347. The highest BCUT2D eigenvalue weighted by molar-refractivity contribution is 5.80. The van der Waals surface area contributed by atoms with Crippen LogP contribution < -0.4 is 5.32 Å². The standard InChI is InChI=1S/C11H21NO2/c1-2-12-11(14)10(13)8-9-6-4-3-5-7-9/h9-10,13H,2-8H2,1H3,(H,12,14). The molecule has 1 aliphatic carbocycles. The van der Waals surface area contributed by atoms with Gasteiger partial charge < -0.3 is 10.4 Å². The van der Waals surface area contributed by atoms with E-state index in [1.165, 1.54) is 32.1 Å². The lowest BCUT2D eigenvalue weighted by Gasteiger charge is -2.23. The van der Waals surface area contributed by atoms with Gasteiger partial charge in [-0.15, -0.1) is 0 Å². The van der Waals surface area contributed by atoms with Gasteiger partial charge in [-0.25, -0.2) is 0 Å². The minimum atomic E-state index is -0.793. The molecule has 1 saturated carbocycles. The molecule has 0 heterocycles. The molecular weight excluding hydrogens is 178 g/mol. The first-order chi connectivity index (χ1) is 6.74. The number of carbonyl (C=O) groups is 1. The molecule has 0 spiro atoms. The van der Waals surface area contributed by atoms with Crippen LogP contribution in [0.15, 0.2) is 0 Å². The van der Waals surface area contributed by atoms with Gasteiger partial charge in [0.2, 0.25) is 5.91 Å². The molecule has 1 atom stereocenters. The SMILES string of the molecule is CCNC(=O)C(O)CC1CCCCC1. The number of aliphatic hydroxyl groups excluding tert-OH is 1. The number of rotatable bonds is 4. The van der Waals surface area contributed by atoms with E-state index in [0.29, 0.717) is 18.9 Å². The first kappa shape index (κ1) is 11.5. The van der Waals surface area contributed by atoms with Crippen LogP contribution >= 0.6 is 0 Å². The summed E-state index contributed by atoms with van der Waals surface area (Å²) in [5, 5.41) is 12.2. The van der Waals surface area contributed by atoms with Gasteiger partial charge in [0.1, 0.15) is 6.10 Å². The normalized spacial score (nSPS) is 20.4. The maximum absolute atomic E-state index is 11.3. The van der Waals surface area contributed by atoms with Crippen molar-refractivity contribution in [2.75, 3.05) is 6.54 Å². The Morgan fingerprint density at radius 1 is 1.43 bits per heavy atom. The molecule has 0 saturated heterocycles. The number of hydrogen-bond donors (Lipinski definition) is 2. The van der Waals surface area contributed by atoms with Gasteiger partial charge in [-0.3, -0.25) is 4.79 Å². The van der Waals surface area contributed by atoms with Crippen LogP contribution in [0.4, 0.5) is 0 Å². The Kier molecular flexibility index (Phi) is 4.94. The van der Waals surface area contributed by atoms with E-state index in [0.717, 1.165) is 0 Å². The Hall–Kier alpha value is -0.570. The zero-order valence-corrected chi connectivity index (χ0v) is 8.96. The molecule has 0 aromatic heterocycles. The molecule has 1 aliphatic rings. The van der Waals surface area contributed by atoms with E-state index in [-0.39, 0.29) is 5.91 Å². The molecule has 0 aliphatic heterocycles. The van der Waals surface area contributed by atoms with Gasteiger partial charge in [0.25, 0.3) is 0 Å². The fourth-order valence-electron chi connectivity index (χ4n) is 2.14. The lowest BCUT2D eigenvalue weighted by atomic mass is 9.85. The summed E-state index contributed by atoms with van der Waals surface area (Å²) in [5.41, 5.74) is 0. The van der Waals surface area contributed by atoms with E-state index in [2.05, 4.69) is 5.32 Å². The molecule has 2 N–H and O–H groups in total. The smallest absolute Gasteiger partial charge is 0.248 e. The molecule has 1 unspecified atom stereocenters. The summed E-state index contributed by atoms with van der Waals surface area (Å²) in [7, 11) is 0. The molecule has 3 nitrogen and oxygen atoms in total. The Morgan fingerprint density at radius 3 is 2.64 bits per heavy atom. The van der Waals surface area contributed by atoms with Crippen molar-refractivity contribution >= 4 is 5.91 Å².